The lowest BCUT2D eigenvalue weighted by atomic mass is 10.1. The molecule has 6 nitrogen and oxygen atoms in total. The second-order valence-electron chi connectivity index (χ2n) is 5.60. The molecule has 3 aromatic rings. The van der Waals surface area contributed by atoms with E-state index in [1.165, 1.54) is 19.3 Å². The van der Waals surface area contributed by atoms with Crippen LogP contribution in [-0.2, 0) is 0 Å². The number of rotatable bonds is 5. The molecule has 7 heteroatoms. The number of carbonyl (C=O) groups is 1. The van der Waals surface area contributed by atoms with Crippen molar-refractivity contribution in [2.75, 3.05) is 14.2 Å². The van der Waals surface area contributed by atoms with Crippen molar-refractivity contribution >= 4 is 29.3 Å². The third-order valence-corrected chi connectivity index (χ3v) is 4.78. The highest BCUT2D eigenvalue weighted by Gasteiger charge is 2.05. The summed E-state index contributed by atoms with van der Waals surface area (Å²) in [5.41, 5.74) is 0.841. The van der Waals surface area contributed by atoms with E-state index in [2.05, 4.69) is 4.98 Å². The van der Waals surface area contributed by atoms with Gasteiger partial charge in [-0.1, -0.05) is 6.07 Å². The number of hydrogen-bond acceptors (Lipinski definition) is 6. The van der Waals surface area contributed by atoms with Gasteiger partial charge in [-0.15, -0.1) is 11.3 Å². The Balaban J connectivity index is 1.93. The quantitative estimate of drug-likeness (QED) is 0.654. The van der Waals surface area contributed by atoms with Crippen LogP contribution in [-0.4, -0.2) is 30.1 Å². The number of H-pyrrole nitrogens is 1. The molecular formula is C20H17NO5S. The maximum absolute atomic E-state index is 12.3. The minimum absolute atomic E-state index is 0.0132. The predicted molar refractivity (Wildman–Crippen MR) is 104 cm³/mol. The summed E-state index contributed by atoms with van der Waals surface area (Å²) in [6, 6.07) is 11.6. The van der Waals surface area contributed by atoms with Gasteiger partial charge in [0.25, 0.3) is 5.56 Å². The number of hydrogen-bond donors (Lipinski definition) is 2. The summed E-state index contributed by atoms with van der Waals surface area (Å²) in [6.07, 6.45) is 3.02. The van der Waals surface area contributed by atoms with Gasteiger partial charge in [0.1, 0.15) is 5.75 Å². The molecule has 0 saturated heterocycles. The lowest BCUT2D eigenvalue weighted by Crippen LogP contribution is -2.20. The summed E-state index contributed by atoms with van der Waals surface area (Å²) in [5, 5.41) is 9.84. The third-order valence-electron chi connectivity index (χ3n) is 3.82. The number of thiazole rings is 1. The highest BCUT2D eigenvalue weighted by Crippen LogP contribution is 2.26. The molecule has 138 valence electrons. The van der Waals surface area contributed by atoms with Gasteiger partial charge in [0, 0.05) is 11.6 Å². The van der Waals surface area contributed by atoms with Gasteiger partial charge in [-0.25, -0.2) is 0 Å². The molecule has 0 aliphatic carbocycles. The van der Waals surface area contributed by atoms with E-state index in [-0.39, 0.29) is 17.1 Å². The number of phenolic OH excluding ortho intramolecular Hbond substituents is 1. The van der Waals surface area contributed by atoms with E-state index < -0.39 is 0 Å². The largest absolute Gasteiger partial charge is 0.504 e. The summed E-state index contributed by atoms with van der Waals surface area (Å²) in [6.45, 7) is 0. The topological polar surface area (TPSA) is 88.6 Å². The summed E-state index contributed by atoms with van der Waals surface area (Å²) in [4.78, 5) is 27.2. The van der Waals surface area contributed by atoms with E-state index >= 15 is 0 Å². The van der Waals surface area contributed by atoms with Crippen LogP contribution in [0.2, 0.25) is 0 Å². The number of phenols is 1. The van der Waals surface area contributed by atoms with E-state index in [0.717, 1.165) is 11.3 Å². The molecule has 2 N–H and O–H groups in total. The molecule has 0 unspecified atom stereocenters. The second kappa shape index (κ2) is 7.92. The van der Waals surface area contributed by atoms with Crippen LogP contribution in [0.5, 0.6) is 17.2 Å². The fraction of sp³-hybridized carbons (Fsp3) is 0.100. The average Bonchev–Trinajstić information content (AvgIpc) is 3.00. The van der Waals surface area contributed by atoms with E-state index in [9.17, 15) is 14.7 Å². The zero-order valence-electron chi connectivity index (χ0n) is 14.7. The Hall–Kier alpha value is -3.32. The average molecular weight is 383 g/mol. The summed E-state index contributed by atoms with van der Waals surface area (Å²) < 4.78 is 10.9. The number of ether oxygens (including phenoxy) is 2. The number of aromatic nitrogens is 1. The molecule has 2 aromatic carbocycles. The van der Waals surface area contributed by atoms with Crippen molar-refractivity contribution < 1.29 is 19.4 Å². The van der Waals surface area contributed by atoms with Crippen molar-refractivity contribution in [1.29, 1.82) is 0 Å². The molecule has 0 spiro atoms. The van der Waals surface area contributed by atoms with Crippen molar-refractivity contribution in [2.45, 2.75) is 0 Å². The van der Waals surface area contributed by atoms with Crippen LogP contribution < -0.4 is 24.2 Å². The number of Topliss-reactive ketones (excluding diaryl/α,β-unsaturated/α-hetero) is 1. The molecule has 0 radical (unpaired) electrons. The lowest BCUT2D eigenvalue weighted by Gasteiger charge is -2.02. The number of ketones is 1. The first-order valence-corrected chi connectivity index (χ1v) is 8.80. The molecule has 1 aromatic heterocycles. The zero-order chi connectivity index (χ0) is 19.4. The van der Waals surface area contributed by atoms with E-state index in [1.807, 2.05) is 0 Å². The van der Waals surface area contributed by atoms with Crippen LogP contribution >= 0.6 is 11.3 Å². The molecule has 0 aliphatic heterocycles. The fourth-order valence-electron chi connectivity index (χ4n) is 2.43. The van der Waals surface area contributed by atoms with Gasteiger partial charge >= 0.3 is 0 Å². The standard InChI is InChI=1S/C20H17NO5S/c1-25-14-6-4-13(5-7-14)15(22)11-19-21-20(24)18(27-19)10-12-3-8-17(26-2)16(23)9-12/h3-11,23H,1-2H3,(H,21,24)/b18-10-,19-11-. The molecule has 0 saturated carbocycles. The van der Waals surface area contributed by atoms with Crippen LogP contribution in [0.4, 0.5) is 0 Å². The minimum atomic E-state index is -0.302. The van der Waals surface area contributed by atoms with Crippen LogP contribution in [0.3, 0.4) is 0 Å². The summed E-state index contributed by atoms with van der Waals surface area (Å²) in [5.74, 6) is 0.784. The maximum Gasteiger partial charge on any atom is 0.266 e. The van der Waals surface area contributed by atoms with Crippen LogP contribution in [0.15, 0.2) is 47.3 Å². The Labute approximate surface area is 158 Å². The summed E-state index contributed by atoms with van der Waals surface area (Å²) >= 11 is 1.16. The number of benzene rings is 2. The van der Waals surface area contributed by atoms with Gasteiger partial charge in [0.15, 0.2) is 17.3 Å². The normalized spacial score (nSPS) is 12.2. The molecule has 1 heterocycles. The van der Waals surface area contributed by atoms with Gasteiger partial charge in [-0.2, -0.15) is 0 Å². The Morgan fingerprint density at radius 3 is 2.48 bits per heavy atom. The number of carbonyl (C=O) groups excluding carboxylic acids is 1. The Kier molecular flexibility index (Phi) is 5.42. The summed E-state index contributed by atoms with van der Waals surface area (Å²) in [7, 11) is 3.02. The lowest BCUT2D eigenvalue weighted by molar-refractivity contribution is 0.106. The van der Waals surface area contributed by atoms with E-state index in [0.29, 0.717) is 31.8 Å². The van der Waals surface area contributed by atoms with Crippen molar-refractivity contribution in [2.24, 2.45) is 0 Å². The Morgan fingerprint density at radius 1 is 1.11 bits per heavy atom. The third kappa shape index (κ3) is 4.27. The molecular weight excluding hydrogens is 366 g/mol. The SMILES string of the molecule is COc1ccc(C(=O)/C=c2/[nH]c(=O)/c(=C/c3ccc(OC)c(O)c3)s2)cc1. The van der Waals surface area contributed by atoms with Gasteiger partial charge in [-0.05, 0) is 48.0 Å². The fourth-order valence-corrected chi connectivity index (χ4v) is 3.32. The predicted octanol–water partition coefficient (Wildman–Crippen LogP) is 1.65. The number of methoxy groups -OCH3 is 2. The first-order chi connectivity index (χ1) is 13.0. The molecule has 0 amide bonds. The van der Waals surface area contributed by atoms with E-state index in [4.69, 9.17) is 9.47 Å². The zero-order valence-corrected chi connectivity index (χ0v) is 15.5. The number of aromatic hydroxyl groups is 1. The maximum atomic E-state index is 12.3. The second-order valence-corrected chi connectivity index (χ2v) is 6.68. The molecule has 27 heavy (non-hydrogen) atoms. The van der Waals surface area contributed by atoms with Crippen LogP contribution in [0.25, 0.3) is 12.2 Å². The minimum Gasteiger partial charge on any atom is -0.504 e. The Bertz CT molecular complexity index is 1140. The number of aromatic amines is 1. The smallest absolute Gasteiger partial charge is 0.266 e. The van der Waals surface area contributed by atoms with Crippen LogP contribution in [0, 0.1) is 0 Å². The molecule has 3 rings (SSSR count). The Morgan fingerprint density at radius 2 is 1.85 bits per heavy atom. The molecule has 0 aliphatic rings. The van der Waals surface area contributed by atoms with Gasteiger partial charge in [-0.3, -0.25) is 9.59 Å². The van der Waals surface area contributed by atoms with Crippen molar-refractivity contribution in [3.8, 4) is 17.2 Å². The van der Waals surface area contributed by atoms with Crippen molar-refractivity contribution in [1.82, 2.24) is 4.98 Å². The van der Waals surface area contributed by atoms with Crippen molar-refractivity contribution in [3.63, 3.8) is 0 Å². The highest BCUT2D eigenvalue weighted by molar-refractivity contribution is 7.07. The number of nitrogens with one attached hydrogen (secondary N) is 1. The van der Waals surface area contributed by atoms with Gasteiger partial charge in [0.05, 0.1) is 23.4 Å². The highest BCUT2D eigenvalue weighted by atomic mass is 32.1. The first-order valence-electron chi connectivity index (χ1n) is 7.98. The van der Waals surface area contributed by atoms with Crippen LogP contribution in [0.1, 0.15) is 15.9 Å². The van der Waals surface area contributed by atoms with Gasteiger partial charge < -0.3 is 19.6 Å². The van der Waals surface area contributed by atoms with E-state index in [1.54, 1.807) is 49.6 Å². The monoisotopic (exact) mass is 383 g/mol. The molecule has 0 fully saturated rings. The molecule has 0 bridgehead atoms. The first kappa shape index (κ1) is 18.5. The van der Waals surface area contributed by atoms with Crippen molar-refractivity contribution in [3.05, 3.63) is 73.1 Å². The van der Waals surface area contributed by atoms with Gasteiger partial charge in [0.2, 0.25) is 0 Å². The molecule has 0 atom stereocenters.